The molecule has 4 aromatic carbocycles. The predicted molar refractivity (Wildman–Crippen MR) is 169 cm³/mol. The molecule has 0 saturated carbocycles. The minimum Gasteiger partial charge on any atom is -0.322 e. The zero-order valence-electron chi connectivity index (χ0n) is 23.9. The van der Waals surface area contributed by atoms with E-state index >= 15 is 0 Å². The maximum absolute atomic E-state index is 12.9. The molecule has 43 heavy (non-hydrogen) atoms. The number of rotatable bonds is 10. The van der Waals surface area contributed by atoms with Crippen molar-refractivity contribution in [1.29, 1.82) is 0 Å². The van der Waals surface area contributed by atoms with Crippen LogP contribution in [0.4, 0.5) is 11.4 Å². The van der Waals surface area contributed by atoms with Gasteiger partial charge in [-0.15, -0.1) is 0 Å². The molecule has 0 saturated heterocycles. The molecule has 4 aromatic rings. The lowest BCUT2D eigenvalue weighted by Gasteiger charge is -2.11. The summed E-state index contributed by atoms with van der Waals surface area (Å²) < 4.78 is 0. The van der Waals surface area contributed by atoms with Crippen LogP contribution in [-0.2, 0) is 25.6 Å². The van der Waals surface area contributed by atoms with Crippen molar-refractivity contribution in [2.45, 2.75) is 20.3 Å². The Morgan fingerprint density at radius 2 is 0.860 bits per heavy atom. The van der Waals surface area contributed by atoms with E-state index in [0.717, 1.165) is 22.3 Å². The van der Waals surface area contributed by atoms with E-state index in [-0.39, 0.29) is 23.2 Å². The number of hydrogen-bond acceptors (Lipinski definition) is 4. The molecule has 0 fully saturated rings. The van der Waals surface area contributed by atoms with Crippen LogP contribution in [0.25, 0.3) is 12.2 Å². The Bertz CT molecular complexity index is 1520. The maximum Gasteiger partial charge on any atom is 0.272 e. The van der Waals surface area contributed by atoms with E-state index in [1.165, 1.54) is 13.8 Å². The van der Waals surface area contributed by atoms with E-state index in [0.29, 0.717) is 17.8 Å². The highest BCUT2D eigenvalue weighted by Crippen LogP contribution is 2.18. The fraction of sp³-hybridized carbons (Fsp3) is 0.0857. The monoisotopic (exact) mass is 572 g/mol. The molecule has 0 heterocycles. The van der Waals surface area contributed by atoms with Gasteiger partial charge in [-0.25, -0.2) is 0 Å². The van der Waals surface area contributed by atoms with Crippen molar-refractivity contribution in [2.75, 3.05) is 10.6 Å². The second kappa shape index (κ2) is 14.7. The third-order valence-electron chi connectivity index (χ3n) is 6.16. The molecule has 0 aliphatic heterocycles. The fourth-order valence-corrected chi connectivity index (χ4v) is 4.17. The van der Waals surface area contributed by atoms with Gasteiger partial charge in [-0.3, -0.25) is 19.2 Å². The van der Waals surface area contributed by atoms with Crippen LogP contribution in [-0.4, -0.2) is 23.6 Å². The van der Waals surface area contributed by atoms with Gasteiger partial charge in [-0.1, -0.05) is 84.9 Å². The van der Waals surface area contributed by atoms with E-state index in [2.05, 4.69) is 21.3 Å². The van der Waals surface area contributed by atoms with Gasteiger partial charge in [-0.2, -0.15) is 0 Å². The van der Waals surface area contributed by atoms with Gasteiger partial charge in [0.1, 0.15) is 11.4 Å². The number of carbonyl (C=O) groups excluding carboxylic acids is 4. The summed E-state index contributed by atoms with van der Waals surface area (Å²) >= 11 is 0. The minimum atomic E-state index is -0.426. The second-order valence-corrected chi connectivity index (χ2v) is 9.78. The zero-order valence-corrected chi connectivity index (χ0v) is 23.9. The molecule has 0 bridgehead atoms. The summed E-state index contributed by atoms with van der Waals surface area (Å²) in [7, 11) is 0. The first-order valence-corrected chi connectivity index (χ1v) is 13.6. The summed E-state index contributed by atoms with van der Waals surface area (Å²) in [6.07, 6.45) is 3.88. The van der Waals surface area contributed by atoms with Gasteiger partial charge in [-0.05, 0) is 65.1 Å². The first-order valence-electron chi connectivity index (χ1n) is 13.6. The van der Waals surface area contributed by atoms with E-state index in [1.807, 2.05) is 84.9 Å². The van der Waals surface area contributed by atoms with Crippen LogP contribution in [0.2, 0.25) is 0 Å². The Morgan fingerprint density at radius 3 is 1.19 bits per heavy atom. The molecule has 0 aliphatic carbocycles. The molecule has 0 radical (unpaired) electrons. The first kappa shape index (κ1) is 30.2. The molecular weight excluding hydrogens is 540 g/mol. The number of carbonyl (C=O) groups is 4. The third kappa shape index (κ3) is 9.68. The quantitative estimate of drug-likeness (QED) is 0.188. The largest absolute Gasteiger partial charge is 0.322 e. The molecular formula is C35H32N4O4. The Hall–Kier alpha value is -5.76. The molecule has 0 aliphatic rings. The van der Waals surface area contributed by atoms with Crippen molar-refractivity contribution in [3.05, 3.63) is 143 Å². The Kier molecular flexibility index (Phi) is 10.4. The van der Waals surface area contributed by atoms with Crippen molar-refractivity contribution in [3.63, 3.8) is 0 Å². The smallest absolute Gasteiger partial charge is 0.272 e. The molecule has 216 valence electrons. The van der Waals surface area contributed by atoms with Gasteiger partial charge >= 0.3 is 0 Å². The number of hydrogen-bond donors (Lipinski definition) is 4. The van der Waals surface area contributed by atoms with Gasteiger partial charge in [0.15, 0.2) is 0 Å². The molecule has 0 spiro atoms. The minimum absolute atomic E-state index is 0.148. The highest BCUT2D eigenvalue weighted by molar-refractivity contribution is 6.09. The van der Waals surface area contributed by atoms with Gasteiger partial charge in [0, 0.05) is 25.2 Å². The topological polar surface area (TPSA) is 116 Å². The normalized spacial score (nSPS) is 11.3. The summed E-state index contributed by atoms with van der Waals surface area (Å²) in [4.78, 5) is 49.1. The number of nitrogens with one attached hydrogen (secondary N) is 4. The number of anilines is 2. The highest BCUT2D eigenvalue weighted by Gasteiger charge is 2.13. The standard InChI is InChI=1S/C35H32N4O4/c1-24(40)36-32(22-26-9-5-3-6-10-26)34(42)38-30-17-13-28(14-18-30)21-29-15-19-31(20-16-29)39-35(43)33(37-25(2)41)23-27-11-7-4-8-12-27/h3-20,22-23H,21H2,1-2H3,(H,36,40)(H,37,41)(H,38,42)(H,39,43). The molecule has 0 atom stereocenters. The summed E-state index contributed by atoms with van der Waals surface area (Å²) in [5.74, 6) is -1.53. The lowest BCUT2D eigenvalue weighted by atomic mass is 10.0. The highest BCUT2D eigenvalue weighted by atomic mass is 16.2. The van der Waals surface area contributed by atoms with Crippen LogP contribution in [0, 0.1) is 0 Å². The third-order valence-corrected chi connectivity index (χ3v) is 6.16. The average molecular weight is 573 g/mol. The molecule has 8 heteroatoms. The Balaban J connectivity index is 1.37. The van der Waals surface area contributed by atoms with Crippen LogP contribution < -0.4 is 21.3 Å². The van der Waals surface area contributed by atoms with Crippen molar-refractivity contribution >= 4 is 47.2 Å². The second-order valence-electron chi connectivity index (χ2n) is 9.78. The van der Waals surface area contributed by atoms with Crippen LogP contribution in [0.5, 0.6) is 0 Å². The zero-order chi connectivity index (χ0) is 30.6. The van der Waals surface area contributed by atoms with Gasteiger partial charge in [0.05, 0.1) is 0 Å². The fourth-order valence-electron chi connectivity index (χ4n) is 4.17. The van der Waals surface area contributed by atoms with Crippen LogP contribution >= 0.6 is 0 Å². The average Bonchev–Trinajstić information content (AvgIpc) is 2.99. The lowest BCUT2D eigenvalue weighted by molar-refractivity contribution is -0.120. The molecule has 0 aromatic heterocycles. The van der Waals surface area contributed by atoms with Crippen molar-refractivity contribution in [3.8, 4) is 0 Å². The van der Waals surface area contributed by atoms with Crippen molar-refractivity contribution < 1.29 is 19.2 Å². The molecule has 8 nitrogen and oxygen atoms in total. The summed E-state index contributed by atoms with van der Waals surface area (Å²) in [5.41, 5.74) is 5.11. The summed E-state index contributed by atoms with van der Waals surface area (Å²) in [6.45, 7) is 2.71. The maximum atomic E-state index is 12.9. The number of amides is 4. The van der Waals surface area contributed by atoms with Gasteiger partial charge in [0.2, 0.25) is 11.8 Å². The summed E-state index contributed by atoms with van der Waals surface area (Å²) in [5, 5.41) is 10.8. The van der Waals surface area contributed by atoms with Crippen molar-refractivity contribution in [2.24, 2.45) is 0 Å². The molecule has 0 unspecified atom stereocenters. The van der Waals surface area contributed by atoms with Gasteiger partial charge < -0.3 is 21.3 Å². The summed E-state index contributed by atoms with van der Waals surface area (Å²) in [6, 6.07) is 33.4. The van der Waals surface area contributed by atoms with Crippen LogP contribution in [0.1, 0.15) is 36.1 Å². The predicted octanol–water partition coefficient (Wildman–Crippen LogP) is 5.51. The van der Waals surface area contributed by atoms with E-state index in [1.54, 1.807) is 36.4 Å². The first-order chi connectivity index (χ1) is 20.7. The van der Waals surface area contributed by atoms with Crippen molar-refractivity contribution in [1.82, 2.24) is 10.6 Å². The van der Waals surface area contributed by atoms with Crippen LogP contribution in [0.15, 0.2) is 121 Å². The van der Waals surface area contributed by atoms with E-state index < -0.39 is 11.8 Å². The SMILES string of the molecule is CC(=O)NC(=Cc1ccccc1)C(=O)Nc1ccc(Cc2ccc(NC(=O)C(=Cc3ccccc3)NC(C)=O)cc2)cc1. The molecule has 4 rings (SSSR count). The Labute approximate surface area is 250 Å². The molecule has 4 amide bonds. The van der Waals surface area contributed by atoms with Crippen LogP contribution in [0.3, 0.4) is 0 Å². The van der Waals surface area contributed by atoms with Gasteiger partial charge in [0.25, 0.3) is 11.8 Å². The van der Waals surface area contributed by atoms with E-state index in [4.69, 9.17) is 0 Å². The number of benzene rings is 4. The van der Waals surface area contributed by atoms with E-state index in [9.17, 15) is 19.2 Å². The molecule has 4 N–H and O–H groups in total. The Morgan fingerprint density at radius 1 is 0.512 bits per heavy atom. The lowest BCUT2D eigenvalue weighted by Crippen LogP contribution is -2.28.